The number of halogens is 6. The summed E-state index contributed by atoms with van der Waals surface area (Å²) in [4.78, 5) is 27.4. The second-order valence-corrected chi connectivity index (χ2v) is 12.0. The summed E-state index contributed by atoms with van der Waals surface area (Å²) >= 11 is 0. The van der Waals surface area contributed by atoms with Gasteiger partial charge in [-0.25, -0.2) is 13.2 Å². The van der Waals surface area contributed by atoms with Crippen molar-refractivity contribution < 1.29 is 40.7 Å². The number of hydrogen-bond acceptors (Lipinski definition) is 3. The van der Waals surface area contributed by atoms with E-state index in [4.69, 9.17) is 4.74 Å². The lowest BCUT2D eigenvalue weighted by molar-refractivity contribution is -0.140. The molecule has 2 aliphatic carbocycles. The van der Waals surface area contributed by atoms with Gasteiger partial charge >= 0.3 is 6.18 Å². The Kier molecular flexibility index (Phi) is 9.05. The van der Waals surface area contributed by atoms with Crippen molar-refractivity contribution in [1.82, 2.24) is 5.32 Å². The molecule has 4 atom stereocenters. The van der Waals surface area contributed by atoms with E-state index < -0.39 is 58.9 Å². The van der Waals surface area contributed by atoms with E-state index in [1.807, 2.05) is 60.7 Å². The highest BCUT2D eigenvalue weighted by molar-refractivity contribution is 5.99. The van der Waals surface area contributed by atoms with Gasteiger partial charge in [0.15, 0.2) is 11.6 Å². The second kappa shape index (κ2) is 13.2. The Labute approximate surface area is 272 Å². The molecule has 2 fully saturated rings. The average Bonchev–Trinajstić information content (AvgIpc) is 3.57. The molecule has 4 aromatic carbocycles. The molecular weight excluding hydrogens is 634 g/mol. The molecule has 2 bridgehead atoms. The number of alkyl halides is 3. The molecule has 0 heterocycles. The number of carbonyl (C=O) groups is 2. The number of methoxy groups -OCH3 is 1. The van der Waals surface area contributed by atoms with Crippen molar-refractivity contribution in [2.24, 2.45) is 17.8 Å². The van der Waals surface area contributed by atoms with E-state index in [-0.39, 0.29) is 22.9 Å². The summed E-state index contributed by atoms with van der Waals surface area (Å²) < 4.78 is 87.4. The number of benzene rings is 4. The first kappa shape index (κ1) is 32.9. The van der Waals surface area contributed by atoms with Gasteiger partial charge in [-0.3, -0.25) is 9.59 Å². The van der Waals surface area contributed by atoms with E-state index in [2.05, 4.69) is 10.6 Å². The fourth-order valence-corrected chi connectivity index (χ4v) is 6.96. The Morgan fingerprint density at radius 3 is 2.27 bits per heavy atom. The van der Waals surface area contributed by atoms with Gasteiger partial charge in [0, 0.05) is 23.7 Å². The van der Waals surface area contributed by atoms with Gasteiger partial charge in [0.05, 0.1) is 24.2 Å². The van der Waals surface area contributed by atoms with E-state index >= 15 is 0 Å². The van der Waals surface area contributed by atoms with Crippen LogP contribution in [0.15, 0.2) is 90.5 Å². The zero-order chi connectivity index (χ0) is 34.2. The molecule has 5 nitrogen and oxygen atoms in total. The van der Waals surface area contributed by atoms with Crippen LogP contribution in [0.3, 0.4) is 0 Å². The van der Waals surface area contributed by atoms with E-state index in [0.717, 1.165) is 34.4 Å². The van der Waals surface area contributed by atoms with Crippen molar-refractivity contribution in [3.8, 4) is 5.75 Å². The highest BCUT2D eigenvalue weighted by Gasteiger charge is 2.54. The summed E-state index contributed by atoms with van der Waals surface area (Å²) in [5.41, 5.74) is 1.86. The molecule has 2 unspecified atom stereocenters. The van der Waals surface area contributed by atoms with E-state index in [9.17, 15) is 35.9 Å². The number of carbonyl (C=O) groups excluding carboxylic acids is 2. The third-order valence-electron chi connectivity index (χ3n) is 9.06. The molecule has 6 rings (SSSR count). The quantitative estimate of drug-likeness (QED) is 0.187. The molecule has 2 amide bonds. The number of nitrogens with one attached hydrogen (secondary N) is 2. The van der Waals surface area contributed by atoms with Crippen LogP contribution in [0.5, 0.6) is 5.75 Å². The predicted molar refractivity (Wildman–Crippen MR) is 168 cm³/mol. The lowest BCUT2D eigenvalue weighted by atomic mass is 9.83. The molecule has 0 aliphatic heterocycles. The van der Waals surface area contributed by atoms with Crippen LogP contribution in [0.1, 0.15) is 45.5 Å². The summed E-state index contributed by atoms with van der Waals surface area (Å²) in [7, 11) is 1.20. The highest BCUT2D eigenvalue weighted by atomic mass is 19.4. The largest absolute Gasteiger partial charge is 0.496 e. The molecule has 4 aromatic rings. The number of fused-ring (bicyclic) bond motifs is 2. The van der Waals surface area contributed by atoms with Crippen LogP contribution in [0, 0.1) is 35.2 Å². The zero-order valence-corrected chi connectivity index (χ0v) is 25.6. The molecule has 2 aliphatic rings. The Hall–Kier alpha value is -5.06. The molecule has 0 radical (unpaired) electrons. The first-order chi connectivity index (χ1) is 22.9. The van der Waals surface area contributed by atoms with Crippen LogP contribution in [0.2, 0.25) is 0 Å². The van der Waals surface area contributed by atoms with E-state index in [0.29, 0.717) is 37.5 Å². The van der Waals surface area contributed by atoms with Gasteiger partial charge in [-0.2, -0.15) is 13.2 Å². The maximum Gasteiger partial charge on any atom is 0.419 e. The number of amides is 2. The smallest absolute Gasteiger partial charge is 0.419 e. The minimum atomic E-state index is -4.98. The minimum Gasteiger partial charge on any atom is -0.496 e. The Morgan fingerprint density at radius 1 is 0.833 bits per heavy atom. The predicted octanol–water partition coefficient (Wildman–Crippen LogP) is 8.20. The van der Waals surface area contributed by atoms with Crippen molar-refractivity contribution in [1.29, 1.82) is 0 Å². The van der Waals surface area contributed by atoms with Crippen molar-refractivity contribution in [2.45, 2.75) is 31.5 Å². The maximum absolute atomic E-state index is 14.2. The van der Waals surface area contributed by atoms with Gasteiger partial charge in [0.25, 0.3) is 5.91 Å². The standard InChI is InChI=1S/C37H30F6N2O3/c1-48-32-19-31(40)30(39)18-27(32)35(46)45-34-25-12-11-24(33(34)36(47)44-23-10-13-29(38)28(17-23)37(41,42)43)26(25)16-22-9-5-8-21(15-22)14-20-6-3-2-4-7-20/h2-10,13,15-19,24-25,33-34H,11-12,14H2,1H3,(H,44,47)(H,45,46)/b26-16-/t24?,25?,33-,34+/m0/s1. The minimum absolute atomic E-state index is 0.215. The maximum atomic E-state index is 14.2. The van der Waals surface area contributed by atoms with Crippen LogP contribution in [-0.2, 0) is 17.4 Å². The van der Waals surface area contributed by atoms with Crippen LogP contribution in [0.25, 0.3) is 6.08 Å². The van der Waals surface area contributed by atoms with Crippen molar-refractivity contribution in [3.63, 3.8) is 0 Å². The van der Waals surface area contributed by atoms with Crippen LogP contribution < -0.4 is 15.4 Å². The summed E-state index contributed by atoms with van der Waals surface area (Å²) in [6.07, 6.45) is -1.15. The van der Waals surface area contributed by atoms with Crippen molar-refractivity contribution in [2.75, 3.05) is 12.4 Å². The first-order valence-corrected chi connectivity index (χ1v) is 15.3. The average molecular weight is 665 g/mol. The molecule has 0 aromatic heterocycles. The first-order valence-electron chi connectivity index (χ1n) is 15.3. The Bertz CT molecular complexity index is 1890. The van der Waals surface area contributed by atoms with E-state index in [1.165, 1.54) is 7.11 Å². The Morgan fingerprint density at radius 2 is 1.54 bits per heavy atom. The monoisotopic (exact) mass is 664 g/mol. The number of ether oxygens (including phenoxy) is 1. The number of rotatable bonds is 8. The third-order valence-corrected chi connectivity index (χ3v) is 9.06. The fourth-order valence-electron chi connectivity index (χ4n) is 6.96. The Balaban J connectivity index is 1.34. The topological polar surface area (TPSA) is 67.4 Å². The molecule has 0 saturated heterocycles. The van der Waals surface area contributed by atoms with E-state index in [1.54, 1.807) is 0 Å². The summed E-state index contributed by atoms with van der Waals surface area (Å²) in [5, 5.41) is 5.31. The van der Waals surface area contributed by atoms with Gasteiger partial charge in [-0.1, -0.05) is 66.2 Å². The lowest BCUT2D eigenvalue weighted by Crippen LogP contribution is -2.48. The number of hydrogen-bond donors (Lipinski definition) is 2. The molecule has 0 spiro atoms. The van der Waals surface area contributed by atoms with Gasteiger partial charge in [0.2, 0.25) is 5.91 Å². The van der Waals surface area contributed by atoms with Crippen LogP contribution >= 0.6 is 0 Å². The molecule has 2 saturated carbocycles. The molecule has 48 heavy (non-hydrogen) atoms. The zero-order valence-electron chi connectivity index (χ0n) is 25.6. The molecular formula is C37H30F6N2O3. The molecule has 2 N–H and O–H groups in total. The summed E-state index contributed by atoms with van der Waals surface area (Å²) in [6, 6.07) is 20.6. The van der Waals surface area contributed by atoms with Gasteiger partial charge in [-0.15, -0.1) is 0 Å². The summed E-state index contributed by atoms with van der Waals surface area (Å²) in [6.45, 7) is 0. The molecule has 11 heteroatoms. The highest BCUT2D eigenvalue weighted by Crippen LogP contribution is 2.53. The normalized spacial score (nSPS) is 20.9. The van der Waals surface area contributed by atoms with Crippen LogP contribution in [0.4, 0.5) is 32.0 Å². The van der Waals surface area contributed by atoms with Crippen LogP contribution in [-0.4, -0.2) is 25.0 Å². The SMILES string of the molecule is COc1cc(F)c(F)cc1C(=O)N[C@@H]1C2CCC(/C2=C/c2cccc(Cc3ccccc3)c2)[C@@H]1C(=O)Nc1ccc(F)c(C(F)(F)F)c1. The van der Waals surface area contributed by atoms with Crippen molar-refractivity contribution >= 4 is 23.6 Å². The second-order valence-electron chi connectivity index (χ2n) is 12.0. The number of anilines is 1. The summed E-state index contributed by atoms with van der Waals surface area (Å²) in [5.74, 6) is -7.34. The van der Waals surface area contributed by atoms with Crippen molar-refractivity contribution in [3.05, 3.63) is 136 Å². The third kappa shape index (κ3) is 6.67. The molecule has 248 valence electrons. The lowest BCUT2D eigenvalue weighted by Gasteiger charge is -2.30. The fraction of sp³-hybridized carbons (Fsp3) is 0.243. The van der Waals surface area contributed by atoms with Gasteiger partial charge in [-0.05, 0) is 66.1 Å². The van der Waals surface area contributed by atoms with Gasteiger partial charge in [0.1, 0.15) is 11.6 Å². The van der Waals surface area contributed by atoms with Gasteiger partial charge < -0.3 is 15.4 Å².